The molecule has 0 saturated heterocycles. The summed E-state index contributed by atoms with van der Waals surface area (Å²) in [6.07, 6.45) is 0.0349. The van der Waals surface area contributed by atoms with Crippen LogP contribution >= 0.6 is 11.6 Å². The fraction of sp³-hybridized carbons (Fsp3) is 0.381. The lowest BCUT2D eigenvalue weighted by Gasteiger charge is -2.21. The number of ether oxygens (including phenoxy) is 2. The van der Waals surface area contributed by atoms with Gasteiger partial charge in [-0.1, -0.05) is 29.8 Å². The van der Waals surface area contributed by atoms with Crippen LogP contribution in [0.1, 0.15) is 31.1 Å². The molecule has 0 radical (unpaired) electrons. The zero-order valence-corrected chi connectivity index (χ0v) is 16.8. The van der Waals surface area contributed by atoms with Crippen molar-refractivity contribution in [3.05, 3.63) is 58.6 Å². The Kier molecular flexibility index (Phi) is 8.57. The van der Waals surface area contributed by atoms with Crippen LogP contribution in [0.3, 0.4) is 0 Å². The number of phenols is 1. The van der Waals surface area contributed by atoms with E-state index >= 15 is 0 Å². The number of phenolic OH excluding ortho intramolecular Hbond substituents is 1. The van der Waals surface area contributed by atoms with Gasteiger partial charge in [0.1, 0.15) is 11.5 Å². The molecule has 28 heavy (non-hydrogen) atoms. The second-order valence-corrected chi connectivity index (χ2v) is 6.79. The molecule has 0 bridgehead atoms. The predicted molar refractivity (Wildman–Crippen MR) is 108 cm³/mol. The number of benzene rings is 2. The molecule has 2 aromatic carbocycles. The van der Waals surface area contributed by atoms with E-state index in [1.54, 1.807) is 43.3 Å². The topological polar surface area (TPSA) is 88.0 Å². The normalized spacial score (nSPS) is 13.0. The summed E-state index contributed by atoms with van der Waals surface area (Å²) in [4.78, 5) is 11.3. The highest BCUT2D eigenvalue weighted by atomic mass is 35.5. The minimum atomic E-state index is -0.678. The molecule has 2 atom stereocenters. The average molecular weight is 408 g/mol. The van der Waals surface area contributed by atoms with E-state index in [4.69, 9.17) is 21.1 Å². The van der Waals surface area contributed by atoms with Gasteiger partial charge in [-0.3, -0.25) is 0 Å². The molecular weight excluding hydrogens is 382 g/mol. The van der Waals surface area contributed by atoms with E-state index in [2.05, 4.69) is 5.32 Å². The Morgan fingerprint density at radius 3 is 2.57 bits per heavy atom. The smallest absolute Gasteiger partial charge is 0.344 e. The van der Waals surface area contributed by atoms with E-state index in [-0.39, 0.29) is 18.4 Å². The second kappa shape index (κ2) is 10.9. The van der Waals surface area contributed by atoms with Crippen LogP contribution in [0, 0.1) is 0 Å². The maximum absolute atomic E-state index is 11.3. The maximum atomic E-state index is 11.3. The quantitative estimate of drug-likeness (QED) is 0.524. The number of aliphatic hydroxyl groups is 1. The first-order valence-electron chi connectivity index (χ1n) is 9.18. The van der Waals surface area contributed by atoms with Crippen molar-refractivity contribution in [1.82, 2.24) is 5.32 Å². The van der Waals surface area contributed by atoms with Gasteiger partial charge in [0, 0.05) is 6.04 Å². The third-order valence-corrected chi connectivity index (χ3v) is 4.53. The van der Waals surface area contributed by atoms with Crippen LogP contribution in [0.25, 0.3) is 0 Å². The number of rotatable bonds is 10. The second-order valence-electron chi connectivity index (χ2n) is 6.39. The van der Waals surface area contributed by atoms with Gasteiger partial charge in [-0.2, -0.15) is 0 Å². The average Bonchev–Trinajstić information content (AvgIpc) is 2.67. The van der Waals surface area contributed by atoms with Gasteiger partial charge < -0.3 is 25.0 Å². The standard InChI is InChI=1S/C21H26ClNO5/c1-3-27-20(25)13-28-19-9-4-15(12-18(19)22)10-11-23-14(2)21(26)16-5-7-17(24)8-6-16/h4-9,12,14,21,23-24,26H,3,10-11,13H2,1-2H3/t14-,21+/m0/s1. The lowest BCUT2D eigenvalue weighted by molar-refractivity contribution is -0.145. The molecule has 2 aromatic rings. The monoisotopic (exact) mass is 407 g/mol. The van der Waals surface area contributed by atoms with Gasteiger partial charge in [-0.25, -0.2) is 4.79 Å². The van der Waals surface area contributed by atoms with Gasteiger partial charge in [0.2, 0.25) is 0 Å². The molecule has 152 valence electrons. The van der Waals surface area contributed by atoms with Crippen LogP contribution in [-0.2, 0) is 16.0 Å². The van der Waals surface area contributed by atoms with E-state index in [0.29, 0.717) is 30.3 Å². The van der Waals surface area contributed by atoms with Gasteiger partial charge >= 0.3 is 5.97 Å². The Labute approximate surface area is 170 Å². The molecule has 0 amide bonds. The number of aromatic hydroxyl groups is 1. The predicted octanol–water partition coefficient (Wildman–Crippen LogP) is 3.24. The molecule has 0 aromatic heterocycles. The molecule has 0 aliphatic heterocycles. The molecule has 2 rings (SSSR count). The summed E-state index contributed by atoms with van der Waals surface area (Å²) in [5.41, 5.74) is 1.75. The van der Waals surface area contributed by atoms with Crippen LogP contribution < -0.4 is 10.1 Å². The van der Waals surface area contributed by atoms with Crippen molar-refractivity contribution in [2.45, 2.75) is 32.4 Å². The highest BCUT2D eigenvalue weighted by Crippen LogP contribution is 2.26. The first-order chi connectivity index (χ1) is 13.4. The molecular formula is C21H26ClNO5. The van der Waals surface area contributed by atoms with Gasteiger partial charge in [-0.15, -0.1) is 0 Å². The molecule has 0 aliphatic carbocycles. The van der Waals surface area contributed by atoms with Gasteiger partial charge in [0.15, 0.2) is 6.61 Å². The number of carbonyl (C=O) groups is 1. The fourth-order valence-electron chi connectivity index (χ4n) is 2.67. The summed E-state index contributed by atoms with van der Waals surface area (Å²) in [5.74, 6) is 0.165. The van der Waals surface area contributed by atoms with Crippen molar-refractivity contribution in [2.24, 2.45) is 0 Å². The lowest BCUT2D eigenvalue weighted by Crippen LogP contribution is -2.33. The van der Waals surface area contributed by atoms with Crippen molar-refractivity contribution >= 4 is 17.6 Å². The SMILES string of the molecule is CCOC(=O)COc1ccc(CCN[C@@H](C)[C@@H](O)c2ccc(O)cc2)cc1Cl. The van der Waals surface area contributed by atoms with E-state index in [0.717, 1.165) is 11.1 Å². The zero-order valence-electron chi connectivity index (χ0n) is 16.0. The molecule has 0 aliphatic rings. The molecule has 0 fully saturated rings. The summed E-state index contributed by atoms with van der Waals surface area (Å²) < 4.78 is 10.2. The zero-order chi connectivity index (χ0) is 20.5. The lowest BCUT2D eigenvalue weighted by atomic mass is 10.0. The van der Waals surface area contributed by atoms with Crippen LogP contribution in [0.4, 0.5) is 0 Å². The van der Waals surface area contributed by atoms with Gasteiger partial charge in [0.05, 0.1) is 17.7 Å². The fourth-order valence-corrected chi connectivity index (χ4v) is 2.93. The number of hydrogen-bond donors (Lipinski definition) is 3. The van der Waals surface area contributed by atoms with E-state index in [9.17, 15) is 15.0 Å². The Morgan fingerprint density at radius 2 is 1.93 bits per heavy atom. The van der Waals surface area contributed by atoms with Crippen molar-refractivity contribution < 1.29 is 24.5 Å². The van der Waals surface area contributed by atoms with Crippen LogP contribution in [0.2, 0.25) is 5.02 Å². The summed E-state index contributed by atoms with van der Waals surface area (Å²) in [5, 5.41) is 23.4. The van der Waals surface area contributed by atoms with Crippen LogP contribution in [0.5, 0.6) is 11.5 Å². The third-order valence-electron chi connectivity index (χ3n) is 4.24. The minimum absolute atomic E-state index is 0.160. The maximum Gasteiger partial charge on any atom is 0.344 e. The number of aliphatic hydroxyl groups excluding tert-OH is 1. The third kappa shape index (κ3) is 6.71. The van der Waals surface area contributed by atoms with Gasteiger partial charge in [-0.05, 0) is 62.2 Å². The Bertz CT molecular complexity index is 766. The highest BCUT2D eigenvalue weighted by Gasteiger charge is 2.15. The number of nitrogens with one attached hydrogen (secondary N) is 1. The molecule has 7 heteroatoms. The van der Waals surface area contributed by atoms with Crippen LogP contribution in [0.15, 0.2) is 42.5 Å². The number of hydrogen-bond acceptors (Lipinski definition) is 6. The largest absolute Gasteiger partial charge is 0.508 e. The molecule has 0 saturated carbocycles. The van der Waals surface area contributed by atoms with Crippen molar-refractivity contribution in [3.8, 4) is 11.5 Å². The summed E-state index contributed by atoms with van der Waals surface area (Å²) in [7, 11) is 0. The van der Waals surface area contributed by atoms with Gasteiger partial charge in [0.25, 0.3) is 0 Å². The minimum Gasteiger partial charge on any atom is -0.508 e. The number of halogens is 1. The van der Waals surface area contributed by atoms with Crippen molar-refractivity contribution in [3.63, 3.8) is 0 Å². The number of carbonyl (C=O) groups excluding carboxylic acids is 1. The Morgan fingerprint density at radius 1 is 1.21 bits per heavy atom. The molecule has 6 nitrogen and oxygen atoms in total. The van der Waals surface area contributed by atoms with Crippen molar-refractivity contribution in [2.75, 3.05) is 19.8 Å². The first-order valence-corrected chi connectivity index (χ1v) is 9.55. The molecule has 0 unspecified atom stereocenters. The summed E-state index contributed by atoms with van der Waals surface area (Å²) >= 11 is 6.22. The Balaban J connectivity index is 1.81. The summed E-state index contributed by atoms with van der Waals surface area (Å²) in [6, 6.07) is 11.8. The molecule has 0 spiro atoms. The first kappa shape index (κ1) is 22.0. The number of esters is 1. The van der Waals surface area contributed by atoms with E-state index in [1.165, 1.54) is 0 Å². The van der Waals surface area contributed by atoms with E-state index in [1.807, 2.05) is 13.0 Å². The summed E-state index contributed by atoms with van der Waals surface area (Å²) in [6.45, 7) is 4.41. The van der Waals surface area contributed by atoms with Crippen LogP contribution in [-0.4, -0.2) is 42.0 Å². The van der Waals surface area contributed by atoms with Crippen molar-refractivity contribution in [1.29, 1.82) is 0 Å². The highest BCUT2D eigenvalue weighted by molar-refractivity contribution is 6.32. The van der Waals surface area contributed by atoms with E-state index < -0.39 is 12.1 Å². The molecule has 3 N–H and O–H groups in total. The molecule has 0 heterocycles. The Hall–Kier alpha value is -2.28.